The number of hydrogen-bond donors (Lipinski definition) is 3. The summed E-state index contributed by atoms with van der Waals surface area (Å²) >= 11 is 0.897. The van der Waals surface area contributed by atoms with E-state index in [2.05, 4.69) is 5.73 Å². The molecule has 4 N–H and O–H groups in total. The molecule has 122 valence electrons. The summed E-state index contributed by atoms with van der Waals surface area (Å²) in [5.41, 5.74) is 4.39. The van der Waals surface area contributed by atoms with Crippen LogP contribution < -0.4 is 5.73 Å². The van der Waals surface area contributed by atoms with Crippen LogP contribution in [0.15, 0.2) is 28.7 Å². The lowest BCUT2D eigenvalue weighted by molar-refractivity contribution is -0.132. The van der Waals surface area contributed by atoms with Crippen molar-refractivity contribution in [2.24, 2.45) is 5.73 Å². The highest BCUT2D eigenvalue weighted by Gasteiger charge is 2.05. The van der Waals surface area contributed by atoms with Gasteiger partial charge in [0.2, 0.25) is 0 Å². The van der Waals surface area contributed by atoms with Crippen LogP contribution in [0.1, 0.15) is 11.5 Å². The molecule has 0 atom stereocenters. The van der Waals surface area contributed by atoms with E-state index in [-0.39, 0.29) is 0 Å². The predicted molar refractivity (Wildman–Crippen MR) is 83.2 cm³/mol. The highest BCUT2D eigenvalue weighted by Crippen LogP contribution is 2.17. The first-order valence-corrected chi connectivity index (χ1v) is 6.97. The minimum atomic E-state index is -1.19. The number of nitrogens with zero attached hydrogens (tertiary/aromatic N) is 1. The molecule has 0 amide bonds. The second kappa shape index (κ2) is 11.4. The normalized spacial score (nSPS) is 10.1. The van der Waals surface area contributed by atoms with Gasteiger partial charge in [0.25, 0.3) is 0 Å². The summed E-state index contributed by atoms with van der Waals surface area (Å²) in [6.45, 7) is 0.700. The molecule has 0 unspecified atom stereocenters. The summed E-state index contributed by atoms with van der Waals surface area (Å²) in [4.78, 5) is 23.2. The molecule has 1 aromatic heterocycles. The van der Waals surface area contributed by atoms with Crippen molar-refractivity contribution in [3.63, 3.8) is 0 Å². The molecule has 9 heteroatoms. The summed E-state index contributed by atoms with van der Waals surface area (Å²) < 4.78 is 10.3. The summed E-state index contributed by atoms with van der Waals surface area (Å²) in [6, 6.07) is 3.68. The number of nitrogens with two attached hydrogens (primary N) is 1. The lowest BCUT2D eigenvalue weighted by Crippen LogP contribution is -2.09. The Kier molecular flexibility index (Phi) is 10.2. The fourth-order valence-electron chi connectivity index (χ4n) is 1.21. The number of furan rings is 1. The van der Waals surface area contributed by atoms with Gasteiger partial charge in [-0.1, -0.05) is 0 Å². The van der Waals surface area contributed by atoms with E-state index in [1.807, 2.05) is 31.1 Å². The zero-order valence-electron chi connectivity index (χ0n) is 12.3. The van der Waals surface area contributed by atoms with Gasteiger partial charge in [0.1, 0.15) is 11.5 Å². The maximum Gasteiger partial charge on any atom is 0.343 e. The third-order valence-electron chi connectivity index (χ3n) is 1.89. The first-order valence-electron chi connectivity index (χ1n) is 6.06. The van der Waals surface area contributed by atoms with Gasteiger partial charge in [-0.25, -0.2) is 9.59 Å². The Balaban J connectivity index is 0.00000135. The van der Waals surface area contributed by atoms with Crippen LogP contribution in [0.25, 0.3) is 0 Å². The minimum Gasteiger partial charge on any atom is -0.478 e. The molecule has 0 spiro atoms. The average molecular weight is 329 g/mol. The van der Waals surface area contributed by atoms with Crippen molar-refractivity contribution in [3.8, 4) is 0 Å². The molecule has 0 saturated carbocycles. The third kappa shape index (κ3) is 10.5. The first kappa shape index (κ1) is 19.7. The molecule has 0 aromatic carbocycles. The Morgan fingerprint density at radius 2 is 2.00 bits per heavy atom. The molecule has 1 aromatic rings. The molecule has 0 radical (unpaired) electrons. The smallest absolute Gasteiger partial charge is 0.343 e. The number of rotatable bonds is 7. The Morgan fingerprint density at radius 3 is 2.55 bits per heavy atom. The minimum absolute atomic E-state index is 0.375. The van der Waals surface area contributed by atoms with Crippen LogP contribution in [-0.4, -0.2) is 42.4 Å². The van der Waals surface area contributed by atoms with Gasteiger partial charge in [0.05, 0.1) is 30.7 Å². The number of carbonyl (C=O) groups excluding carboxylic acids is 1. The number of carbonyl (C=O) groups is 2. The van der Waals surface area contributed by atoms with Crippen molar-refractivity contribution in [3.05, 3.63) is 35.8 Å². The number of aliphatic carboxylic acids is 1. The average Bonchev–Trinajstić information content (AvgIpc) is 2.84. The standard InChI is InChI=1S/C12H15NO5S.CH4N2/c1-13(2)7-9-3-4-10(17-9)8-19-18-12(16)6-5-11(14)15;2-1-3/h3-6H,7-8H2,1-2H3,(H,14,15);1H,(H3,2,3)/b6-5-;. The fraction of sp³-hybridized carbons (Fsp3) is 0.308. The van der Waals surface area contributed by atoms with Gasteiger partial charge >= 0.3 is 11.9 Å². The molecule has 1 heterocycles. The number of carboxylic acids is 1. The molecule has 0 aliphatic carbocycles. The van der Waals surface area contributed by atoms with Crippen LogP contribution in [0.4, 0.5) is 0 Å². The molecule has 0 aliphatic rings. The van der Waals surface area contributed by atoms with Crippen LogP contribution in [-0.2, 0) is 26.1 Å². The van der Waals surface area contributed by atoms with E-state index < -0.39 is 11.9 Å². The zero-order valence-corrected chi connectivity index (χ0v) is 13.1. The van der Waals surface area contributed by atoms with Gasteiger partial charge < -0.3 is 24.3 Å². The van der Waals surface area contributed by atoms with Crippen molar-refractivity contribution in [1.29, 1.82) is 5.41 Å². The molecule has 0 fully saturated rings. The van der Waals surface area contributed by atoms with Crippen molar-refractivity contribution in [1.82, 2.24) is 4.90 Å². The van der Waals surface area contributed by atoms with Gasteiger partial charge in [0, 0.05) is 12.2 Å². The van der Waals surface area contributed by atoms with Gasteiger partial charge in [-0.05, 0) is 26.2 Å². The molecular weight excluding hydrogens is 310 g/mol. The Labute approximate surface area is 132 Å². The van der Waals surface area contributed by atoms with E-state index in [1.165, 1.54) is 0 Å². The molecular formula is C13H19N3O5S. The quantitative estimate of drug-likeness (QED) is 0.295. The van der Waals surface area contributed by atoms with Crippen LogP contribution in [0, 0.1) is 5.41 Å². The monoisotopic (exact) mass is 329 g/mol. The van der Waals surface area contributed by atoms with Gasteiger partial charge in [-0.15, -0.1) is 0 Å². The molecule has 8 nitrogen and oxygen atoms in total. The summed E-state index contributed by atoms with van der Waals surface area (Å²) in [6.07, 6.45) is 2.33. The Bertz CT molecular complexity index is 514. The second-order valence-corrected chi connectivity index (χ2v) is 4.80. The molecule has 0 saturated heterocycles. The molecule has 0 aliphatic heterocycles. The number of hydrogen-bond acceptors (Lipinski definition) is 7. The predicted octanol–water partition coefficient (Wildman–Crippen LogP) is 1.23. The second-order valence-electron chi connectivity index (χ2n) is 4.11. The summed E-state index contributed by atoms with van der Waals surface area (Å²) in [5.74, 6) is -0.0107. The third-order valence-corrected chi connectivity index (χ3v) is 2.58. The van der Waals surface area contributed by atoms with E-state index in [0.717, 1.165) is 36.3 Å². The SMILES string of the molecule is CN(C)Cc1ccc(CSOC(=O)/C=C\C(=O)O)o1.N=CN. The van der Waals surface area contributed by atoms with E-state index >= 15 is 0 Å². The van der Waals surface area contributed by atoms with Crippen molar-refractivity contribution >= 4 is 30.3 Å². The highest BCUT2D eigenvalue weighted by atomic mass is 32.2. The highest BCUT2D eigenvalue weighted by molar-refractivity contribution is 7.94. The van der Waals surface area contributed by atoms with Crippen molar-refractivity contribution in [2.75, 3.05) is 14.1 Å². The maximum absolute atomic E-state index is 11.1. The topological polar surface area (TPSA) is 130 Å². The number of carboxylic acid groups (broad SMARTS) is 1. The molecule has 0 bridgehead atoms. The lowest BCUT2D eigenvalue weighted by Gasteiger charge is -2.05. The largest absolute Gasteiger partial charge is 0.478 e. The van der Waals surface area contributed by atoms with E-state index in [4.69, 9.17) is 19.1 Å². The van der Waals surface area contributed by atoms with Crippen molar-refractivity contribution < 1.29 is 23.3 Å². The fourth-order valence-corrected chi connectivity index (χ4v) is 1.71. The van der Waals surface area contributed by atoms with E-state index in [1.54, 1.807) is 0 Å². The Morgan fingerprint density at radius 1 is 1.41 bits per heavy atom. The number of nitrogens with one attached hydrogen (secondary N) is 1. The van der Waals surface area contributed by atoms with Crippen LogP contribution >= 0.6 is 12.0 Å². The summed E-state index contributed by atoms with van der Waals surface area (Å²) in [5, 5.41) is 14.2. The van der Waals surface area contributed by atoms with E-state index in [0.29, 0.717) is 18.1 Å². The van der Waals surface area contributed by atoms with Crippen LogP contribution in [0.2, 0.25) is 0 Å². The first-order chi connectivity index (χ1) is 10.4. The molecule has 1 rings (SSSR count). The van der Waals surface area contributed by atoms with Crippen molar-refractivity contribution in [2.45, 2.75) is 12.3 Å². The van der Waals surface area contributed by atoms with Gasteiger partial charge in [0.15, 0.2) is 0 Å². The lowest BCUT2D eigenvalue weighted by atomic mass is 10.4. The van der Waals surface area contributed by atoms with Gasteiger partial charge in [-0.3, -0.25) is 5.41 Å². The van der Waals surface area contributed by atoms with Crippen LogP contribution in [0.3, 0.4) is 0 Å². The van der Waals surface area contributed by atoms with Gasteiger partial charge in [-0.2, -0.15) is 0 Å². The summed E-state index contributed by atoms with van der Waals surface area (Å²) in [7, 11) is 3.88. The van der Waals surface area contributed by atoms with E-state index in [9.17, 15) is 9.59 Å². The maximum atomic E-state index is 11.1. The Hall–Kier alpha value is -2.26. The molecule has 22 heavy (non-hydrogen) atoms. The van der Waals surface area contributed by atoms with Crippen LogP contribution in [0.5, 0.6) is 0 Å². The zero-order chi connectivity index (χ0) is 17.0.